The highest BCUT2D eigenvalue weighted by molar-refractivity contribution is 5.79. The summed E-state index contributed by atoms with van der Waals surface area (Å²) in [6.07, 6.45) is 0.296. The van der Waals surface area contributed by atoms with Crippen LogP contribution in [0.25, 0.3) is 11.1 Å². The van der Waals surface area contributed by atoms with Gasteiger partial charge in [0, 0.05) is 19.6 Å². The number of carboxylic acid groups (broad SMARTS) is 1. The molecule has 1 heterocycles. The Morgan fingerprint density at radius 2 is 1.68 bits per heavy atom. The summed E-state index contributed by atoms with van der Waals surface area (Å²) < 4.78 is 11.0. The van der Waals surface area contributed by atoms with Gasteiger partial charge in [-0.05, 0) is 46.2 Å². The Morgan fingerprint density at radius 3 is 2.32 bits per heavy atom. The molecule has 6 nitrogen and oxygen atoms in total. The van der Waals surface area contributed by atoms with Crippen molar-refractivity contribution in [2.75, 3.05) is 20.3 Å². The summed E-state index contributed by atoms with van der Waals surface area (Å²) in [6, 6.07) is 23.7. The number of ether oxygens (including phenoxy) is 2. The predicted molar refractivity (Wildman–Crippen MR) is 128 cm³/mol. The molecule has 3 aromatic carbocycles. The number of likely N-dealkylation sites (tertiary alicyclic amines) is 1. The SMILES string of the molecule is COC(C(=O)O)c1cccc([C@@H]2CCCN2C(=O)OCC2c3ccccc3-c3ccccc32)c1. The van der Waals surface area contributed by atoms with Gasteiger partial charge in [-0.2, -0.15) is 0 Å². The molecule has 0 bridgehead atoms. The quantitative estimate of drug-likeness (QED) is 0.526. The van der Waals surface area contributed by atoms with Gasteiger partial charge in [-0.3, -0.25) is 0 Å². The first-order valence-corrected chi connectivity index (χ1v) is 11.6. The van der Waals surface area contributed by atoms with E-state index in [-0.39, 0.29) is 24.7 Å². The van der Waals surface area contributed by atoms with E-state index in [0.717, 1.165) is 18.4 Å². The molecule has 1 saturated heterocycles. The minimum absolute atomic E-state index is 0.0127. The standard InChI is InChI=1S/C28H27NO5/c1-33-26(27(30)31)19-9-6-8-18(16-19)25-14-7-15-29(25)28(32)34-17-24-22-12-4-2-10-20(22)21-11-3-5-13-23(21)24/h2-6,8-13,16,24-26H,7,14-15,17H2,1H3,(H,30,31)/t25-,26?/m0/s1. The molecule has 1 aliphatic heterocycles. The molecule has 0 saturated carbocycles. The molecule has 2 atom stereocenters. The number of nitrogens with zero attached hydrogens (tertiary/aromatic N) is 1. The van der Waals surface area contributed by atoms with Gasteiger partial charge in [-0.15, -0.1) is 0 Å². The lowest BCUT2D eigenvalue weighted by Gasteiger charge is -2.26. The molecule has 174 valence electrons. The molecular formula is C28H27NO5. The summed E-state index contributed by atoms with van der Waals surface area (Å²) in [7, 11) is 1.38. The van der Waals surface area contributed by atoms with Crippen LogP contribution in [-0.4, -0.2) is 42.3 Å². The monoisotopic (exact) mass is 457 g/mol. The van der Waals surface area contributed by atoms with Crippen LogP contribution in [0.1, 0.15) is 53.2 Å². The minimum atomic E-state index is -1.04. The van der Waals surface area contributed by atoms with Crippen molar-refractivity contribution in [3.05, 3.63) is 95.1 Å². The van der Waals surface area contributed by atoms with Crippen LogP contribution in [0.15, 0.2) is 72.8 Å². The van der Waals surface area contributed by atoms with Crippen molar-refractivity contribution >= 4 is 12.1 Å². The number of methoxy groups -OCH3 is 1. The second-order valence-electron chi connectivity index (χ2n) is 8.78. The Morgan fingerprint density at radius 1 is 1.00 bits per heavy atom. The number of aliphatic carboxylic acids is 1. The molecule has 1 unspecified atom stereocenters. The third-order valence-electron chi connectivity index (χ3n) is 6.88. The van der Waals surface area contributed by atoms with E-state index < -0.39 is 12.1 Å². The number of carbonyl (C=O) groups excluding carboxylic acids is 1. The normalized spacial score (nSPS) is 17.8. The van der Waals surface area contributed by atoms with Crippen LogP contribution >= 0.6 is 0 Å². The number of amides is 1. The van der Waals surface area contributed by atoms with E-state index in [1.165, 1.54) is 29.4 Å². The number of benzene rings is 3. The van der Waals surface area contributed by atoms with Crippen molar-refractivity contribution in [2.45, 2.75) is 30.9 Å². The molecule has 1 fully saturated rings. The minimum Gasteiger partial charge on any atom is -0.479 e. The van der Waals surface area contributed by atoms with Gasteiger partial charge in [0.2, 0.25) is 0 Å². The van der Waals surface area contributed by atoms with Crippen LogP contribution in [0.3, 0.4) is 0 Å². The number of rotatable bonds is 6. The first-order valence-electron chi connectivity index (χ1n) is 11.6. The van der Waals surface area contributed by atoms with E-state index in [9.17, 15) is 14.7 Å². The zero-order valence-corrected chi connectivity index (χ0v) is 19.0. The van der Waals surface area contributed by atoms with Gasteiger partial charge in [-0.1, -0.05) is 72.8 Å². The summed E-state index contributed by atoms with van der Waals surface area (Å²) in [6.45, 7) is 0.888. The maximum atomic E-state index is 13.2. The molecule has 3 aromatic rings. The van der Waals surface area contributed by atoms with Crippen molar-refractivity contribution in [2.24, 2.45) is 0 Å². The molecule has 0 radical (unpaired) electrons. The average molecular weight is 458 g/mol. The van der Waals surface area contributed by atoms with Crippen LogP contribution in [-0.2, 0) is 14.3 Å². The number of fused-ring (bicyclic) bond motifs is 3. The van der Waals surface area contributed by atoms with Crippen molar-refractivity contribution in [3.63, 3.8) is 0 Å². The fourth-order valence-corrected chi connectivity index (χ4v) is 5.32. The smallest absolute Gasteiger partial charge is 0.410 e. The molecule has 1 aliphatic carbocycles. The second kappa shape index (κ2) is 9.31. The lowest BCUT2D eigenvalue weighted by Crippen LogP contribution is -2.32. The molecule has 1 N–H and O–H groups in total. The van der Waals surface area contributed by atoms with Gasteiger partial charge in [0.15, 0.2) is 6.10 Å². The summed E-state index contributed by atoms with van der Waals surface area (Å²) in [5.74, 6) is -1.03. The highest BCUT2D eigenvalue weighted by Gasteiger charge is 2.34. The van der Waals surface area contributed by atoms with E-state index >= 15 is 0 Å². The van der Waals surface area contributed by atoms with Gasteiger partial charge < -0.3 is 19.5 Å². The zero-order valence-electron chi connectivity index (χ0n) is 19.0. The Labute approximate surface area is 198 Å². The van der Waals surface area contributed by atoms with Crippen molar-refractivity contribution < 1.29 is 24.2 Å². The van der Waals surface area contributed by atoms with Crippen LogP contribution in [0.2, 0.25) is 0 Å². The first kappa shape index (κ1) is 22.2. The Hall–Kier alpha value is -3.64. The summed E-state index contributed by atoms with van der Waals surface area (Å²) >= 11 is 0. The average Bonchev–Trinajstić information content (AvgIpc) is 3.47. The third-order valence-corrected chi connectivity index (χ3v) is 6.88. The topological polar surface area (TPSA) is 76.1 Å². The highest BCUT2D eigenvalue weighted by Crippen LogP contribution is 2.44. The molecule has 0 spiro atoms. The summed E-state index contributed by atoms with van der Waals surface area (Å²) in [4.78, 5) is 26.4. The van der Waals surface area contributed by atoms with Gasteiger partial charge in [0.25, 0.3) is 0 Å². The third kappa shape index (κ3) is 3.94. The fraction of sp³-hybridized carbons (Fsp3) is 0.286. The van der Waals surface area contributed by atoms with Crippen LogP contribution in [0, 0.1) is 0 Å². The zero-order chi connectivity index (χ0) is 23.7. The highest BCUT2D eigenvalue weighted by atomic mass is 16.6. The second-order valence-corrected chi connectivity index (χ2v) is 8.78. The summed E-state index contributed by atoms with van der Waals surface area (Å²) in [5, 5.41) is 9.43. The van der Waals surface area contributed by atoms with E-state index in [0.29, 0.717) is 12.1 Å². The predicted octanol–water partition coefficient (Wildman–Crippen LogP) is 5.54. The van der Waals surface area contributed by atoms with E-state index in [1.807, 2.05) is 42.5 Å². The molecule has 34 heavy (non-hydrogen) atoms. The molecule has 0 aromatic heterocycles. The molecule has 1 amide bonds. The van der Waals surface area contributed by atoms with Crippen molar-refractivity contribution in [1.29, 1.82) is 0 Å². The maximum Gasteiger partial charge on any atom is 0.410 e. The number of hydrogen-bond acceptors (Lipinski definition) is 4. The van der Waals surface area contributed by atoms with E-state index in [4.69, 9.17) is 9.47 Å². The number of hydrogen-bond donors (Lipinski definition) is 1. The molecule has 6 heteroatoms. The lowest BCUT2D eigenvalue weighted by atomic mass is 9.98. The van der Waals surface area contributed by atoms with Gasteiger partial charge in [0.05, 0.1) is 6.04 Å². The van der Waals surface area contributed by atoms with Crippen LogP contribution in [0.5, 0.6) is 0 Å². The lowest BCUT2D eigenvalue weighted by molar-refractivity contribution is -0.148. The number of carboxylic acids is 1. The molecule has 5 rings (SSSR count). The van der Waals surface area contributed by atoms with Gasteiger partial charge >= 0.3 is 12.1 Å². The van der Waals surface area contributed by atoms with E-state index in [2.05, 4.69) is 24.3 Å². The summed E-state index contributed by atoms with van der Waals surface area (Å²) in [5.41, 5.74) is 6.21. The van der Waals surface area contributed by atoms with E-state index in [1.54, 1.807) is 11.0 Å². The Kier molecular flexibility index (Phi) is 6.07. The van der Waals surface area contributed by atoms with Crippen molar-refractivity contribution in [1.82, 2.24) is 4.90 Å². The van der Waals surface area contributed by atoms with Gasteiger partial charge in [-0.25, -0.2) is 9.59 Å². The van der Waals surface area contributed by atoms with Crippen molar-refractivity contribution in [3.8, 4) is 11.1 Å². The number of carbonyl (C=O) groups is 2. The largest absolute Gasteiger partial charge is 0.479 e. The molecular weight excluding hydrogens is 430 g/mol. The first-order chi connectivity index (χ1) is 16.6. The Balaban J connectivity index is 1.33. The fourth-order valence-electron chi connectivity index (χ4n) is 5.32. The molecule has 2 aliphatic rings. The van der Waals surface area contributed by atoms with Crippen LogP contribution < -0.4 is 0 Å². The van der Waals surface area contributed by atoms with Gasteiger partial charge in [0.1, 0.15) is 6.61 Å². The van der Waals surface area contributed by atoms with Crippen LogP contribution in [0.4, 0.5) is 4.79 Å². The maximum absolute atomic E-state index is 13.2. The Bertz CT molecular complexity index is 1180.